The maximum atomic E-state index is 9.93. The molecule has 0 fully saturated rings. The molecule has 4 rings (SSSR count). The fraction of sp³-hybridized carbons (Fsp3) is 0.211. The third-order valence-corrected chi connectivity index (χ3v) is 4.68. The summed E-state index contributed by atoms with van der Waals surface area (Å²) < 4.78 is 7.34. The Bertz CT molecular complexity index is 995. The van der Waals surface area contributed by atoms with Crippen LogP contribution in [0.15, 0.2) is 47.5 Å². The predicted molar refractivity (Wildman–Crippen MR) is 99.6 cm³/mol. The van der Waals surface area contributed by atoms with Crippen LogP contribution in [0.3, 0.4) is 0 Å². The molecule has 0 amide bonds. The number of methoxy groups -OCH3 is 1. The second kappa shape index (κ2) is 6.55. The summed E-state index contributed by atoms with van der Waals surface area (Å²) in [5.41, 5.74) is 3.43. The van der Waals surface area contributed by atoms with Crippen LogP contribution in [0.4, 0.5) is 0 Å². The van der Waals surface area contributed by atoms with Crippen molar-refractivity contribution in [1.29, 1.82) is 0 Å². The smallest absolute Gasteiger partial charge is 0.164 e. The first-order valence-corrected chi connectivity index (χ1v) is 8.55. The molecule has 0 saturated carbocycles. The molecule has 2 aromatic carbocycles. The molecular weight excluding hydrogens is 352 g/mol. The maximum absolute atomic E-state index is 9.93. The van der Waals surface area contributed by atoms with E-state index in [0.29, 0.717) is 10.8 Å². The van der Waals surface area contributed by atoms with Crippen molar-refractivity contribution < 1.29 is 9.84 Å². The van der Waals surface area contributed by atoms with E-state index in [2.05, 4.69) is 10.2 Å². The first kappa shape index (κ1) is 16.8. The molecule has 0 spiro atoms. The van der Waals surface area contributed by atoms with Gasteiger partial charge >= 0.3 is 0 Å². The molecule has 2 heterocycles. The minimum Gasteiger partial charge on any atom is -0.497 e. The number of benzene rings is 2. The highest BCUT2D eigenvalue weighted by atomic mass is 35.5. The molecule has 3 aromatic rings. The van der Waals surface area contributed by atoms with Crippen molar-refractivity contribution in [3.05, 3.63) is 70.3 Å². The number of hydrogen-bond acceptors (Lipinski definition) is 5. The molecular formula is C19H17ClN4O2. The van der Waals surface area contributed by atoms with Gasteiger partial charge in [-0.25, -0.2) is 0 Å². The number of fused-ring (bicyclic) bond motifs is 3. The monoisotopic (exact) mass is 368 g/mol. The largest absolute Gasteiger partial charge is 0.497 e. The zero-order valence-corrected chi connectivity index (χ0v) is 15.1. The van der Waals surface area contributed by atoms with Gasteiger partial charge in [0.2, 0.25) is 0 Å². The minimum atomic E-state index is -0.514. The quantitative estimate of drug-likeness (QED) is 0.771. The van der Waals surface area contributed by atoms with Crippen molar-refractivity contribution in [2.75, 3.05) is 13.7 Å². The van der Waals surface area contributed by atoms with Gasteiger partial charge in [-0.15, -0.1) is 10.2 Å². The maximum Gasteiger partial charge on any atom is 0.164 e. The molecule has 132 valence electrons. The standard InChI is InChI=1S/C19H17ClN4O2/c1-11-22-23-19-16(10-25)21-18(12-3-5-13(20)6-4-12)15-9-14(26-2)7-8-17(15)24(11)19/h3-9,16,25H,10H2,1-2H3/t16-/m0/s1. The van der Waals surface area contributed by atoms with Crippen molar-refractivity contribution in [1.82, 2.24) is 14.8 Å². The Balaban J connectivity index is 2.03. The van der Waals surface area contributed by atoms with Crippen LogP contribution in [0.2, 0.25) is 5.02 Å². The Morgan fingerprint density at radius 2 is 1.92 bits per heavy atom. The van der Waals surface area contributed by atoms with Gasteiger partial charge in [-0.05, 0) is 37.3 Å². The van der Waals surface area contributed by atoms with Crippen molar-refractivity contribution >= 4 is 17.3 Å². The Morgan fingerprint density at radius 3 is 2.62 bits per heavy atom. The minimum absolute atomic E-state index is 0.166. The number of ether oxygens (including phenoxy) is 1. The lowest BCUT2D eigenvalue weighted by Crippen LogP contribution is -2.09. The zero-order valence-electron chi connectivity index (χ0n) is 14.3. The van der Waals surface area contributed by atoms with E-state index in [1.807, 2.05) is 54.0 Å². The number of hydrogen-bond donors (Lipinski definition) is 1. The molecule has 0 bridgehead atoms. The number of halogens is 1. The highest BCUT2D eigenvalue weighted by Crippen LogP contribution is 2.32. The SMILES string of the molecule is COc1ccc2c(c1)C(c1ccc(Cl)cc1)=N[C@@H](CO)c1nnc(C)n1-2. The Kier molecular flexibility index (Phi) is 4.22. The summed E-state index contributed by atoms with van der Waals surface area (Å²) in [6.07, 6.45) is 0. The number of aliphatic hydroxyl groups excluding tert-OH is 1. The topological polar surface area (TPSA) is 72.5 Å². The average Bonchev–Trinajstić information content (AvgIpc) is 2.97. The Labute approximate surface area is 155 Å². The van der Waals surface area contributed by atoms with E-state index in [9.17, 15) is 5.11 Å². The van der Waals surface area contributed by atoms with E-state index in [-0.39, 0.29) is 6.61 Å². The van der Waals surface area contributed by atoms with Gasteiger partial charge < -0.3 is 9.84 Å². The van der Waals surface area contributed by atoms with Crippen LogP contribution >= 0.6 is 11.6 Å². The number of nitrogens with zero attached hydrogens (tertiary/aromatic N) is 4. The summed E-state index contributed by atoms with van der Waals surface area (Å²) in [6, 6.07) is 12.7. The lowest BCUT2D eigenvalue weighted by Gasteiger charge is -2.14. The predicted octanol–water partition coefficient (Wildman–Crippen LogP) is 3.12. The third-order valence-electron chi connectivity index (χ3n) is 4.42. The van der Waals surface area contributed by atoms with E-state index in [1.165, 1.54) is 0 Å². The van der Waals surface area contributed by atoms with Gasteiger partial charge in [-0.2, -0.15) is 0 Å². The first-order valence-electron chi connectivity index (χ1n) is 8.17. The van der Waals surface area contributed by atoms with Crippen molar-refractivity contribution in [2.45, 2.75) is 13.0 Å². The number of rotatable bonds is 3. The van der Waals surface area contributed by atoms with Gasteiger partial charge in [0.05, 0.1) is 25.1 Å². The van der Waals surface area contributed by atoms with Gasteiger partial charge in [0.1, 0.15) is 17.6 Å². The van der Waals surface area contributed by atoms with E-state index in [0.717, 1.165) is 34.1 Å². The number of aromatic nitrogens is 3. The fourth-order valence-corrected chi connectivity index (χ4v) is 3.29. The van der Waals surface area contributed by atoms with Crippen LogP contribution in [0.5, 0.6) is 5.75 Å². The van der Waals surface area contributed by atoms with Gasteiger partial charge in [0, 0.05) is 16.1 Å². The zero-order chi connectivity index (χ0) is 18.3. The van der Waals surface area contributed by atoms with Crippen molar-refractivity contribution in [3.8, 4) is 11.4 Å². The average molecular weight is 369 g/mol. The molecule has 0 saturated heterocycles. The molecule has 0 aliphatic carbocycles. The molecule has 0 unspecified atom stereocenters. The van der Waals surface area contributed by atoms with Crippen LogP contribution < -0.4 is 4.74 Å². The molecule has 0 radical (unpaired) electrons. The summed E-state index contributed by atoms with van der Waals surface area (Å²) in [6.45, 7) is 1.71. The van der Waals surface area contributed by atoms with Crippen LogP contribution in [0.1, 0.15) is 28.8 Å². The Hall–Kier alpha value is -2.70. The lowest BCUT2D eigenvalue weighted by molar-refractivity contribution is 0.263. The van der Waals surface area contributed by atoms with Crippen molar-refractivity contribution in [2.24, 2.45) is 4.99 Å². The number of aliphatic imine (C=N–C) groups is 1. The normalized spacial score (nSPS) is 15.7. The molecule has 1 atom stereocenters. The third kappa shape index (κ3) is 2.67. The van der Waals surface area contributed by atoms with Crippen LogP contribution in [0.25, 0.3) is 5.69 Å². The molecule has 1 aliphatic rings. The summed E-state index contributed by atoms with van der Waals surface area (Å²) in [5.74, 6) is 2.07. The van der Waals surface area contributed by atoms with Crippen molar-refractivity contribution in [3.63, 3.8) is 0 Å². The molecule has 1 aromatic heterocycles. The van der Waals surface area contributed by atoms with E-state index >= 15 is 0 Å². The molecule has 6 nitrogen and oxygen atoms in total. The number of aryl methyl sites for hydroxylation is 1. The summed E-state index contributed by atoms with van der Waals surface area (Å²) in [4.78, 5) is 4.81. The van der Waals surface area contributed by atoms with Gasteiger partial charge in [0.25, 0.3) is 0 Å². The highest BCUT2D eigenvalue weighted by Gasteiger charge is 2.28. The van der Waals surface area contributed by atoms with E-state index in [1.54, 1.807) is 7.11 Å². The van der Waals surface area contributed by atoms with Gasteiger partial charge in [-0.3, -0.25) is 9.56 Å². The first-order chi connectivity index (χ1) is 12.6. The van der Waals surface area contributed by atoms with Gasteiger partial charge in [-0.1, -0.05) is 23.7 Å². The second-order valence-corrected chi connectivity index (χ2v) is 6.44. The Morgan fingerprint density at radius 1 is 1.15 bits per heavy atom. The molecule has 7 heteroatoms. The highest BCUT2D eigenvalue weighted by molar-refractivity contribution is 6.30. The van der Waals surface area contributed by atoms with Gasteiger partial charge in [0.15, 0.2) is 5.82 Å². The molecule has 1 N–H and O–H groups in total. The fourth-order valence-electron chi connectivity index (χ4n) is 3.16. The van der Waals surface area contributed by atoms with E-state index in [4.69, 9.17) is 21.3 Å². The summed E-state index contributed by atoms with van der Waals surface area (Å²) >= 11 is 6.04. The van der Waals surface area contributed by atoms with Crippen LogP contribution in [0, 0.1) is 6.92 Å². The lowest BCUT2D eigenvalue weighted by atomic mass is 10.00. The molecule has 26 heavy (non-hydrogen) atoms. The molecule has 1 aliphatic heterocycles. The van der Waals surface area contributed by atoms with Crippen LogP contribution in [-0.2, 0) is 0 Å². The van der Waals surface area contributed by atoms with Crippen LogP contribution in [-0.4, -0.2) is 39.3 Å². The summed E-state index contributed by atoms with van der Waals surface area (Å²) in [7, 11) is 1.63. The summed E-state index contributed by atoms with van der Waals surface area (Å²) in [5, 5.41) is 19.0. The van der Waals surface area contributed by atoms with E-state index < -0.39 is 6.04 Å². The number of aliphatic hydroxyl groups is 1. The second-order valence-electron chi connectivity index (χ2n) is 6.01.